The Morgan fingerprint density at radius 2 is 2.12 bits per heavy atom. The molecule has 0 saturated heterocycles. The number of hydrogen-bond donors (Lipinski definition) is 4. The summed E-state index contributed by atoms with van der Waals surface area (Å²) >= 11 is 0. The van der Waals surface area contributed by atoms with Crippen LogP contribution in [0.3, 0.4) is 0 Å². The fourth-order valence-electron chi connectivity index (χ4n) is 2.41. The number of nitrogens with two attached hydrogens (primary N) is 1. The van der Waals surface area contributed by atoms with E-state index in [9.17, 15) is 0 Å². The first-order valence-electron chi connectivity index (χ1n) is 7.78. The minimum Gasteiger partial charge on any atom is -0.383 e. The first-order valence-corrected chi connectivity index (χ1v) is 7.78. The Bertz CT molecular complexity index is 851. The molecule has 9 heteroatoms. The predicted octanol–water partition coefficient (Wildman–Crippen LogP) is 2.31. The Balaban J connectivity index is 1.45. The van der Waals surface area contributed by atoms with Crippen LogP contribution in [-0.4, -0.2) is 25.3 Å². The number of aromatic nitrogens is 5. The highest BCUT2D eigenvalue weighted by molar-refractivity contribution is 5.57. The van der Waals surface area contributed by atoms with Gasteiger partial charge < -0.3 is 20.9 Å². The zero-order chi connectivity index (χ0) is 16.5. The number of rotatable bonds is 6. The van der Waals surface area contributed by atoms with Crippen molar-refractivity contribution >= 4 is 23.4 Å². The van der Waals surface area contributed by atoms with Gasteiger partial charge in [-0.2, -0.15) is 15.1 Å². The van der Waals surface area contributed by atoms with Crippen LogP contribution in [-0.2, 0) is 6.54 Å². The number of aryl methyl sites for hydroxylation is 1. The molecule has 0 atom stereocenters. The van der Waals surface area contributed by atoms with Crippen LogP contribution < -0.4 is 16.4 Å². The summed E-state index contributed by atoms with van der Waals surface area (Å²) in [6.45, 7) is 2.30. The van der Waals surface area contributed by atoms with Crippen molar-refractivity contribution in [3.05, 3.63) is 35.3 Å². The monoisotopic (exact) mass is 326 g/mol. The van der Waals surface area contributed by atoms with Crippen molar-refractivity contribution < 1.29 is 4.52 Å². The molecule has 24 heavy (non-hydrogen) atoms. The van der Waals surface area contributed by atoms with Gasteiger partial charge in [-0.15, -0.1) is 0 Å². The predicted molar refractivity (Wildman–Crippen MR) is 88.9 cm³/mol. The van der Waals surface area contributed by atoms with E-state index < -0.39 is 0 Å². The lowest BCUT2D eigenvalue weighted by atomic mass is 10.3. The quantitative estimate of drug-likeness (QED) is 0.543. The highest BCUT2D eigenvalue weighted by Gasteiger charge is 2.25. The molecule has 124 valence electrons. The van der Waals surface area contributed by atoms with Gasteiger partial charge in [-0.05, 0) is 19.8 Å². The van der Waals surface area contributed by atoms with E-state index in [0.29, 0.717) is 41.6 Å². The molecular weight excluding hydrogens is 308 g/mol. The van der Waals surface area contributed by atoms with Crippen molar-refractivity contribution in [3.63, 3.8) is 0 Å². The van der Waals surface area contributed by atoms with E-state index in [-0.39, 0.29) is 0 Å². The first-order chi connectivity index (χ1) is 11.7. The maximum absolute atomic E-state index is 5.85. The van der Waals surface area contributed by atoms with E-state index in [4.69, 9.17) is 10.3 Å². The Kier molecular flexibility index (Phi) is 3.52. The second kappa shape index (κ2) is 5.84. The van der Waals surface area contributed by atoms with E-state index in [1.807, 2.05) is 19.1 Å². The Morgan fingerprint density at radius 3 is 2.88 bits per heavy atom. The van der Waals surface area contributed by atoms with Gasteiger partial charge in [0.1, 0.15) is 11.6 Å². The molecule has 1 saturated carbocycles. The van der Waals surface area contributed by atoms with Crippen molar-refractivity contribution in [1.29, 1.82) is 0 Å². The maximum Gasteiger partial charge on any atom is 0.226 e. The minimum absolute atomic E-state index is 0.363. The van der Waals surface area contributed by atoms with Crippen LogP contribution >= 0.6 is 0 Å². The van der Waals surface area contributed by atoms with Crippen LogP contribution in [0.2, 0.25) is 0 Å². The molecule has 3 heterocycles. The zero-order valence-corrected chi connectivity index (χ0v) is 13.2. The van der Waals surface area contributed by atoms with Crippen LogP contribution in [0.15, 0.2) is 22.7 Å². The van der Waals surface area contributed by atoms with Crippen LogP contribution in [0.5, 0.6) is 0 Å². The lowest BCUT2D eigenvalue weighted by Gasteiger charge is -2.07. The second-order valence-corrected chi connectivity index (χ2v) is 5.90. The van der Waals surface area contributed by atoms with E-state index in [0.717, 1.165) is 11.4 Å². The van der Waals surface area contributed by atoms with E-state index >= 15 is 0 Å². The van der Waals surface area contributed by atoms with Crippen molar-refractivity contribution in [2.24, 2.45) is 0 Å². The molecule has 1 fully saturated rings. The third-order valence-electron chi connectivity index (χ3n) is 3.71. The standard InChI is InChI=1S/C15H18N8O/c1-8-4-10(24-23-8)7-17-15-18-12(16)6-13(20-15)19-14-5-11(21-22-14)9-2-3-9/h4-6,9H,2-3,7H2,1H3,(H5,16,17,18,19,20,21,22). The number of aromatic amines is 1. The van der Waals surface area contributed by atoms with Crippen LogP contribution in [0.1, 0.15) is 35.9 Å². The highest BCUT2D eigenvalue weighted by Crippen LogP contribution is 2.39. The summed E-state index contributed by atoms with van der Waals surface area (Å²) in [6.07, 6.45) is 2.44. The molecule has 0 amide bonds. The topological polar surface area (TPSA) is 131 Å². The van der Waals surface area contributed by atoms with Crippen LogP contribution in [0.25, 0.3) is 0 Å². The summed E-state index contributed by atoms with van der Waals surface area (Å²) < 4.78 is 5.14. The lowest BCUT2D eigenvalue weighted by molar-refractivity contribution is 0.384. The van der Waals surface area contributed by atoms with E-state index in [1.54, 1.807) is 6.07 Å². The summed E-state index contributed by atoms with van der Waals surface area (Å²) in [5.41, 5.74) is 7.83. The molecule has 0 radical (unpaired) electrons. The largest absolute Gasteiger partial charge is 0.383 e. The molecule has 3 aromatic heterocycles. The fraction of sp³-hybridized carbons (Fsp3) is 0.333. The van der Waals surface area contributed by atoms with Gasteiger partial charge in [-0.1, -0.05) is 5.16 Å². The third-order valence-corrected chi connectivity index (χ3v) is 3.71. The van der Waals surface area contributed by atoms with E-state index in [1.165, 1.54) is 12.8 Å². The Hall–Kier alpha value is -3.10. The van der Waals surface area contributed by atoms with Gasteiger partial charge in [0.15, 0.2) is 11.6 Å². The average molecular weight is 326 g/mol. The fourth-order valence-corrected chi connectivity index (χ4v) is 2.41. The molecule has 5 N–H and O–H groups in total. The lowest BCUT2D eigenvalue weighted by Crippen LogP contribution is -2.07. The highest BCUT2D eigenvalue weighted by atomic mass is 16.5. The van der Waals surface area contributed by atoms with Gasteiger partial charge in [0.25, 0.3) is 0 Å². The van der Waals surface area contributed by atoms with E-state index in [2.05, 4.69) is 36.0 Å². The van der Waals surface area contributed by atoms with Crippen molar-refractivity contribution in [2.45, 2.75) is 32.2 Å². The van der Waals surface area contributed by atoms with Gasteiger partial charge in [0.05, 0.1) is 12.2 Å². The number of H-pyrrole nitrogens is 1. The number of nitrogens with one attached hydrogen (secondary N) is 3. The molecule has 0 aliphatic heterocycles. The number of nitrogen functional groups attached to an aromatic ring is 1. The molecule has 4 rings (SSSR count). The number of anilines is 4. The molecule has 0 unspecified atom stereocenters. The summed E-state index contributed by atoms with van der Waals surface area (Å²) in [5, 5.41) is 17.3. The van der Waals surface area contributed by atoms with Crippen LogP contribution in [0, 0.1) is 6.92 Å². The van der Waals surface area contributed by atoms with Crippen LogP contribution in [0.4, 0.5) is 23.4 Å². The number of hydrogen-bond acceptors (Lipinski definition) is 8. The third kappa shape index (κ3) is 3.29. The second-order valence-electron chi connectivity index (χ2n) is 5.90. The molecule has 3 aromatic rings. The maximum atomic E-state index is 5.85. The smallest absolute Gasteiger partial charge is 0.226 e. The molecule has 1 aliphatic rings. The summed E-state index contributed by atoms with van der Waals surface area (Å²) in [7, 11) is 0. The van der Waals surface area contributed by atoms with Gasteiger partial charge in [-0.3, -0.25) is 5.10 Å². The summed E-state index contributed by atoms with van der Waals surface area (Å²) in [6, 6.07) is 5.51. The molecule has 0 spiro atoms. The molecule has 9 nitrogen and oxygen atoms in total. The van der Waals surface area contributed by atoms with Gasteiger partial charge in [-0.25, -0.2) is 0 Å². The van der Waals surface area contributed by atoms with Crippen molar-refractivity contribution in [3.8, 4) is 0 Å². The van der Waals surface area contributed by atoms with Gasteiger partial charge >= 0.3 is 0 Å². The number of nitrogens with zero attached hydrogens (tertiary/aromatic N) is 4. The Morgan fingerprint density at radius 1 is 1.25 bits per heavy atom. The van der Waals surface area contributed by atoms with Crippen molar-refractivity contribution in [1.82, 2.24) is 25.3 Å². The van der Waals surface area contributed by atoms with Crippen molar-refractivity contribution in [2.75, 3.05) is 16.4 Å². The van der Waals surface area contributed by atoms with Gasteiger partial charge in [0, 0.05) is 29.8 Å². The summed E-state index contributed by atoms with van der Waals surface area (Å²) in [5.74, 6) is 3.38. The zero-order valence-electron chi connectivity index (χ0n) is 13.2. The molecular formula is C15H18N8O. The first kappa shape index (κ1) is 14.5. The Labute approximate surface area is 138 Å². The SMILES string of the molecule is Cc1cc(CNc2nc(N)cc(Nc3cc(C4CC4)[nH]n3)n2)on1. The molecule has 0 aromatic carbocycles. The average Bonchev–Trinajstić information content (AvgIpc) is 3.15. The molecule has 0 bridgehead atoms. The minimum atomic E-state index is 0.363. The molecule has 1 aliphatic carbocycles. The van der Waals surface area contributed by atoms with Gasteiger partial charge in [0.2, 0.25) is 5.95 Å². The normalized spacial score (nSPS) is 13.9. The summed E-state index contributed by atoms with van der Waals surface area (Å²) in [4.78, 5) is 8.56.